The molecule has 0 aliphatic heterocycles. The zero-order valence-electron chi connectivity index (χ0n) is 10.3. The number of hydrogen-bond donors (Lipinski definition) is 1. The number of rotatable bonds is 4. The monoisotopic (exact) mass is 237 g/mol. The lowest BCUT2D eigenvalue weighted by atomic mass is 9.98. The van der Waals surface area contributed by atoms with E-state index in [9.17, 15) is 4.79 Å². The Morgan fingerprint density at radius 2 is 1.39 bits per heavy atom. The average Bonchev–Trinajstić information content (AvgIpc) is 2.46. The minimum absolute atomic E-state index is 0.0242. The molecule has 2 nitrogen and oxygen atoms in total. The van der Waals surface area contributed by atoms with Crippen molar-refractivity contribution in [3.63, 3.8) is 0 Å². The van der Waals surface area contributed by atoms with Gasteiger partial charge in [0.25, 0.3) is 0 Å². The van der Waals surface area contributed by atoms with Crippen LogP contribution in [-0.4, -0.2) is 12.8 Å². The molecule has 0 spiro atoms. The Morgan fingerprint density at radius 1 is 0.889 bits per heavy atom. The smallest absolute Gasteiger partial charge is 0.195 e. The molecule has 0 aliphatic rings. The van der Waals surface area contributed by atoms with Gasteiger partial charge in [-0.25, -0.2) is 0 Å². The van der Waals surface area contributed by atoms with Crippen LogP contribution >= 0.6 is 0 Å². The van der Waals surface area contributed by atoms with Crippen molar-refractivity contribution in [2.45, 2.75) is 0 Å². The Kier molecular flexibility index (Phi) is 3.92. The van der Waals surface area contributed by atoms with Gasteiger partial charge in [0.15, 0.2) is 5.78 Å². The summed E-state index contributed by atoms with van der Waals surface area (Å²) < 4.78 is 0. The zero-order valence-corrected chi connectivity index (χ0v) is 10.3. The molecule has 0 amide bonds. The first-order valence-corrected chi connectivity index (χ1v) is 5.85. The number of Topliss-reactive ketones (excluding diaryl/α,β-unsaturated/α-hetero) is 1. The molecule has 2 rings (SSSR count). The summed E-state index contributed by atoms with van der Waals surface area (Å²) in [6.45, 7) is 0. The molecule has 2 aromatic rings. The number of hydrogen-bond acceptors (Lipinski definition) is 2. The summed E-state index contributed by atoms with van der Waals surface area (Å²) in [5, 5.41) is 2.93. The van der Waals surface area contributed by atoms with Crippen molar-refractivity contribution in [2.24, 2.45) is 0 Å². The fourth-order valence-electron chi connectivity index (χ4n) is 1.79. The van der Waals surface area contributed by atoms with E-state index in [-0.39, 0.29) is 5.78 Å². The van der Waals surface area contributed by atoms with Crippen LogP contribution in [0.25, 0.3) is 5.57 Å². The SMILES string of the molecule is CN/C=C(/C(=O)c1ccccc1)c1ccccc1. The third-order valence-corrected chi connectivity index (χ3v) is 2.65. The van der Waals surface area contributed by atoms with Gasteiger partial charge in [0.05, 0.1) is 0 Å². The van der Waals surface area contributed by atoms with E-state index in [0.29, 0.717) is 11.1 Å². The number of carbonyl (C=O) groups excluding carboxylic acids is 1. The van der Waals surface area contributed by atoms with Crippen LogP contribution in [0, 0.1) is 0 Å². The Balaban J connectivity index is 2.39. The molecular formula is C16H15NO. The van der Waals surface area contributed by atoms with Crippen LogP contribution < -0.4 is 5.32 Å². The molecule has 0 bridgehead atoms. The number of carbonyl (C=O) groups is 1. The lowest BCUT2D eigenvalue weighted by molar-refractivity contribution is 0.105. The highest BCUT2D eigenvalue weighted by atomic mass is 16.1. The van der Waals surface area contributed by atoms with Gasteiger partial charge < -0.3 is 5.32 Å². The van der Waals surface area contributed by atoms with E-state index >= 15 is 0 Å². The Bertz CT molecular complexity index is 544. The fourth-order valence-corrected chi connectivity index (χ4v) is 1.79. The maximum Gasteiger partial charge on any atom is 0.195 e. The van der Waals surface area contributed by atoms with Crippen LogP contribution in [0.15, 0.2) is 66.9 Å². The van der Waals surface area contributed by atoms with Gasteiger partial charge in [-0.05, 0) is 5.56 Å². The maximum absolute atomic E-state index is 12.4. The second-order valence-electron chi connectivity index (χ2n) is 3.91. The molecule has 0 heterocycles. The van der Waals surface area contributed by atoms with Crippen LogP contribution in [0.1, 0.15) is 15.9 Å². The highest BCUT2D eigenvalue weighted by Crippen LogP contribution is 2.18. The number of ketones is 1. The minimum Gasteiger partial charge on any atom is -0.393 e. The highest BCUT2D eigenvalue weighted by molar-refractivity contribution is 6.28. The molecule has 0 fully saturated rings. The summed E-state index contributed by atoms with van der Waals surface area (Å²) in [6.07, 6.45) is 1.74. The van der Waals surface area contributed by atoms with E-state index in [2.05, 4.69) is 5.32 Å². The summed E-state index contributed by atoms with van der Waals surface area (Å²) in [4.78, 5) is 12.4. The van der Waals surface area contributed by atoms with Gasteiger partial charge in [-0.1, -0.05) is 60.7 Å². The standard InChI is InChI=1S/C16H15NO/c1-17-12-15(13-8-4-2-5-9-13)16(18)14-10-6-3-7-11-14/h2-12,17H,1H3/b15-12+. The topological polar surface area (TPSA) is 29.1 Å². The molecule has 0 aliphatic carbocycles. The second-order valence-corrected chi connectivity index (χ2v) is 3.91. The summed E-state index contributed by atoms with van der Waals surface area (Å²) in [5.74, 6) is 0.0242. The molecule has 0 unspecified atom stereocenters. The molecule has 0 saturated carbocycles. The number of nitrogens with one attached hydrogen (secondary N) is 1. The molecule has 90 valence electrons. The largest absolute Gasteiger partial charge is 0.393 e. The zero-order chi connectivity index (χ0) is 12.8. The third-order valence-electron chi connectivity index (χ3n) is 2.65. The first-order chi connectivity index (χ1) is 8.83. The summed E-state index contributed by atoms with van der Waals surface area (Å²) in [6, 6.07) is 19.0. The summed E-state index contributed by atoms with van der Waals surface area (Å²) >= 11 is 0. The van der Waals surface area contributed by atoms with E-state index in [1.54, 1.807) is 13.2 Å². The summed E-state index contributed by atoms with van der Waals surface area (Å²) in [7, 11) is 1.79. The predicted octanol–water partition coefficient (Wildman–Crippen LogP) is 3.13. The van der Waals surface area contributed by atoms with E-state index in [0.717, 1.165) is 5.56 Å². The van der Waals surface area contributed by atoms with Crippen LogP contribution in [0.2, 0.25) is 0 Å². The molecule has 0 saturated heterocycles. The number of benzene rings is 2. The van der Waals surface area contributed by atoms with Gasteiger partial charge in [-0.15, -0.1) is 0 Å². The number of allylic oxidation sites excluding steroid dienone is 1. The molecule has 1 N–H and O–H groups in total. The maximum atomic E-state index is 12.4. The van der Waals surface area contributed by atoms with Gasteiger partial charge in [-0.3, -0.25) is 4.79 Å². The van der Waals surface area contributed by atoms with Crippen LogP contribution in [0.4, 0.5) is 0 Å². The molecule has 0 radical (unpaired) electrons. The van der Waals surface area contributed by atoms with Crippen molar-refractivity contribution in [3.05, 3.63) is 78.0 Å². The van der Waals surface area contributed by atoms with E-state index in [4.69, 9.17) is 0 Å². The molecule has 0 aromatic heterocycles. The van der Waals surface area contributed by atoms with Crippen LogP contribution in [-0.2, 0) is 0 Å². The predicted molar refractivity (Wildman–Crippen MR) is 74.3 cm³/mol. The van der Waals surface area contributed by atoms with Gasteiger partial charge in [0.1, 0.15) is 0 Å². The van der Waals surface area contributed by atoms with Crippen molar-refractivity contribution < 1.29 is 4.79 Å². The quantitative estimate of drug-likeness (QED) is 0.654. The average molecular weight is 237 g/mol. The molecular weight excluding hydrogens is 222 g/mol. The lowest BCUT2D eigenvalue weighted by Crippen LogP contribution is -2.06. The molecule has 18 heavy (non-hydrogen) atoms. The van der Waals surface area contributed by atoms with Crippen molar-refractivity contribution in [2.75, 3.05) is 7.05 Å². The van der Waals surface area contributed by atoms with Crippen molar-refractivity contribution in [1.82, 2.24) is 5.32 Å². The first-order valence-electron chi connectivity index (χ1n) is 5.85. The van der Waals surface area contributed by atoms with E-state index in [1.807, 2.05) is 60.7 Å². The van der Waals surface area contributed by atoms with E-state index in [1.165, 1.54) is 0 Å². The highest BCUT2D eigenvalue weighted by Gasteiger charge is 2.13. The van der Waals surface area contributed by atoms with E-state index < -0.39 is 0 Å². The van der Waals surface area contributed by atoms with Gasteiger partial charge in [0.2, 0.25) is 0 Å². The van der Waals surface area contributed by atoms with Crippen LogP contribution in [0.3, 0.4) is 0 Å². The first kappa shape index (κ1) is 12.1. The minimum atomic E-state index is 0.0242. The molecule has 0 atom stereocenters. The van der Waals surface area contributed by atoms with Crippen molar-refractivity contribution in [1.29, 1.82) is 0 Å². The Morgan fingerprint density at radius 3 is 1.89 bits per heavy atom. The molecule has 2 aromatic carbocycles. The second kappa shape index (κ2) is 5.82. The third kappa shape index (κ3) is 2.66. The Hall–Kier alpha value is -2.35. The molecule has 2 heteroatoms. The summed E-state index contributed by atoms with van der Waals surface area (Å²) in [5.41, 5.74) is 2.29. The van der Waals surface area contributed by atoms with Gasteiger partial charge in [0, 0.05) is 24.4 Å². The van der Waals surface area contributed by atoms with Gasteiger partial charge in [-0.2, -0.15) is 0 Å². The fraction of sp³-hybridized carbons (Fsp3) is 0.0625. The van der Waals surface area contributed by atoms with Crippen molar-refractivity contribution >= 4 is 11.4 Å². The van der Waals surface area contributed by atoms with Crippen LogP contribution in [0.5, 0.6) is 0 Å². The van der Waals surface area contributed by atoms with Gasteiger partial charge >= 0.3 is 0 Å². The lowest BCUT2D eigenvalue weighted by Gasteiger charge is -2.07. The Labute approximate surface area is 107 Å². The normalized spacial score (nSPS) is 11.1. The van der Waals surface area contributed by atoms with Crippen molar-refractivity contribution in [3.8, 4) is 0 Å².